The van der Waals surface area contributed by atoms with Crippen molar-refractivity contribution in [2.45, 2.75) is 31.8 Å². The third-order valence-corrected chi connectivity index (χ3v) is 3.68. The van der Waals surface area contributed by atoms with Gasteiger partial charge in [-0.2, -0.15) is 0 Å². The summed E-state index contributed by atoms with van der Waals surface area (Å²) in [5, 5.41) is 0. The first-order valence-corrected chi connectivity index (χ1v) is 6.81. The molecular formula is C14H22N2O2. The second-order valence-electron chi connectivity index (χ2n) is 4.96. The van der Waals surface area contributed by atoms with Gasteiger partial charge in [-0.15, -0.1) is 0 Å². The van der Waals surface area contributed by atoms with Crippen molar-refractivity contribution in [3.63, 3.8) is 0 Å². The van der Waals surface area contributed by atoms with Gasteiger partial charge in [0.05, 0.1) is 13.1 Å². The van der Waals surface area contributed by atoms with Crippen molar-refractivity contribution < 1.29 is 9.53 Å². The number of nitrogens with zero attached hydrogens (tertiary/aromatic N) is 2. The maximum absolute atomic E-state index is 11.8. The normalized spacial score (nSPS) is 25.1. The Balaban J connectivity index is 1.70. The molecule has 2 rings (SSSR count). The van der Waals surface area contributed by atoms with Crippen molar-refractivity contribution in [1.29, 1.82) is 0 Å². The first-order valence-electron chi connectivity index (χ1n) is 6.81. The number of hydrogen-bond acceptors (Lipinski definition) is 3. The molecule has 0 N–H and O–H groups in total. The lowest BCUT2D eigenvalue weighted by atomic mass is 10.1. The Morgan fingerprint density at radius 1 is 1.17 bits per heavy atom. The zero-order valence-electron chi connectivity index (χ0n) is 11.2. The van der Waals surface area contributed by atoms with Crippen LogP contribution in [-0.2, 0) is 9.53 Å². The van der Waals surface area contributed by atoms with Crippen molar-refractivity contribution in [1.82, 2.24) is 9.80 Å². The summed E-state index contributed by atoms with van der Waals surface area (Å²) in [7, 11) is 1.59. The van der Waals surface area contributed by atoms with E-state index in [2.05, 4.69) is 16.7 Å². The fraction of sp³-hybridized carbons (Fsp3) is 0.786. The lowest BCUT2D eigenvalue weighted by molar-refractivity contribution is -0.135. The number of rotatable bonds is 3. The molecule has 18 heavy (non-hydrogen) atoms. The topological polar surface area (TPSA) is 32.8 Å². The standard InChI is InChI=1S/C14H22N2O2/c1-18-13-7-12-16(14(13)17)11-6-5-10-15-8-3-2-4-9-15/h13H,2-4,7-12H2,1H3/t13-/m1/s1. The number of ether oxygens (including phenoxy) is 1. The lowest BCUT2D eigenvalue weighted by Gasteiger charge is -2.23. The van der Waals surface area contributed by atoms with Crippen LogP contribution in [0.15, 0.2) is 0 Å². The summed E-state index contributed by atoms with van der Waals surface area (Å²) in [4.78, 5) is 15.9. The quantitative estimate of drug-likeness (QED) is 0.692. The van der Waals surface area contributed by atoms with Crippen LogP contribution in [-0.4, -0.2) is 61.6 Å². The van der Waals surface area contributed by atoms with Gasteiger partial charge in [-0.1, -0.05) is 18.3 Å². The molecule has 2 saturated heterocycles. The Labute approximate surface area is 109 Å². The third-order valence-electron chi connectivity index (χ3n) is 3.68. The molecule has 0 aromatic carbocycles. The fourth-order valence-electron chi connectivity index (χ4n) is 2.52. The van der Waals surface area contributed by atoms with Crippen LogP contribution in [0, 0.1) is 11.8 Å². The summed E-state index contributed by atoms with van der Waals surface area (Å²) in [6, 6.07) is 0. The van der Waals surface area contributed by atoms with Gasteiger partial charge in [0.2, 0.25) is 0 Å². The molecule has 0 radical (unpaired) electrons. The molecule has 2 aliphatic rings. The van der Waals surface area contributed by atoms with Crippen LogP contribution >= 0.6 is 0 Å². The maximum atomic E-state index is 11.8. The summed E-state index contributed by atoms with van der Waals surface area (Å²) >= 11 is 0. The van der Waals surface area contributed by atoms with Crippen molar-refractivity contribution in [3.05, 3.63) is 0 Å². The van der Waals surface area contributed by atoms with Crippen LogP contribution < -0.4 is 0 Å². The molecule has 2 heterocycles. The number of piperidine rings is 1. The van der Waals surface area contributed by atoms with Gasteiger partial charge in [-0.3, -0.25) is 9.69 Å². The van der Waals surface area contributed by atoms with Gasteiger partial charge in [0.25, 0.3) is 5.91 Å². The number of hydrogen-bond donors (Lipinski definition) is 0. The molecule has 0 spiro atoms. The molecule has 0 unspecified atom stereocenters. The summed E-state index contributed by atoms with van der Waals surface area (Å²) in [5.74, 6) is 6.37. The highest BCUT2D eigenvalue weighted by atomic mass is 16.5. The molecule has 0 aromatic heterocycles. The second-order valence-corrected chi connectivity index (χ2v) is 4.96. The van der Waals surface area contributed by atoms with Crippen molar-refractivity contribution >= 4 is 5.91 Å². The van der Waals surface area contributed by atoms with Gasteiger partial charge in [0, 0.05) is 20.1 Å². The molecule has 100 valence electrons. The highest BCUT2D eigenvalue weighted by Crippen LogP contribution is 2.12. The Hall–Kier alpha value is -1.05. The summed E-state index contributed by atoms with van der Waals surface area (Å²) < 4.78 is 5.11. The Morgan fingerprint density at radius 2 is 1.89 bits per heavy atom. The summed E-state index contributed by atoms with van der Waals surface area (Å²) in [6.07, 6.45) is 4.49. The van der Waals surface area contributed by atoms with E-state index in [1.807, 2.05) is 0 Å². The zero-order valence-corrected chi connectivity index (χ0v) is 11.2. The number of carbonyl (C=O) groups is 1. The van der Waals surface area contributed by atoms with E-state index in [-0.39, 0.29) is 12.0 Å². The molecule has 0 aliphatic carbocycles. The van der Waals surface area contributed by atoms with Crippen LogP contribution in [0.25, 0.3) is 0 Å². The largest absolute Gasteiger partial charge is 0.372 e. The summed E-state index contributed by atoms with van der Waals surface area (Å²) in [6.45, 7) is 4.50. The average molecular weight is 250 g/mol. The lowest BCUT2D eigenvalue weighted by Crippen LogP contribution is -2.31. The molecule has 4 nitrogen and oxygen atoms in total. The van der Waals surface area contributed by atoms with E-state index in [1.54, 1.807) is 12.0 Å². The van der Waals surface area contributed by atoms with Crippen LogP contribution in [0.4, 0.5) is 0 Å². The molecule has 1 atom stereocenters. The minimum Gasteiger partial charge on any atom is -0.372 e. The van der Waals surface area contributed by atoms with Gasteiger partial charge >= 0.3 is 0 Å². The van der Waals surface area contributed by atoms with Crippen molar-refractivity contribution in [2.75, 3.05) is 39.8 Å². The second kappa shape index (κ2) is 6.77. The zero-order chi connectivity index (χ0) is 12.8. The van der Waals surface area contributed by atoms with Crippen LogP contribution in [0.1, 0.15) is 25.7 Å². The van der Waals surface area contributed by atoms with Crippen LogP contribution in [0.2, 0.25) is 0 Å². The monoisotopic (exact) mass is 250 g/mol. The number of carbonyl (C=O) groups excluding carboxylic acids is 1. The molecule has 1 amide bonds. The molecule has 4 heteroatoms. The van der Waals surface area contributed by atoms with E-state index in [1.165, 1.54) is 32.4 Å². The molecule has 0 aromatic rings. The van der Waals surface area contributed by atoms with Crippen molar-refractivity contribution in [3.8, 4) is 11.8 Å². The highest BCUT2D eigenvalue weighted by molar-refractivity contribution is 5.83. The maximum Gasteiger partial charge on any atom is 0.252 e. The van der Waals surface area contributed by atoms with E-state index >= 15 is 0 Å². The first kappa shape index (κ1) is 13.4. The van der Waals surface area contributed by atoms with E-state index in [0.29, 0.717) is 6.54 Å². The predicted octanol–water partition coefficient (Wildman–Crippen LogP) is 0.723. The summed E-state index contributed by atoms with van der Waals surface area (Å²) in [5.41, 5.74) is 0. The molecule has 2 fully saturated rings. The van der Waals surface area contributed by atoms with Crippen LogP contribution in [0.5, 0.6) is 0 Å². The molecule has 0 bridgehead atoms. The highest BCUT2D eigenvalue weighted by Gasteiger charge is 2.30. The Bertz CT molecular complexity index is 339. The molecule has 2 aliphatic heterocycles. The number of amides is 1. The Kier molecular flexibility index (Phi) is 5.03. The number of likely N-dealkylation sites (tertiary alicyclic amines) is 2. The van der Waals surface area contributed by atoms with E-state index < -0.39 is 0 Å². The van der Waals surface area contributed by atoms with Gasteiger partial charge < -0.3 is 9.64 Å². The van der Waals surface area contributed by atoms with Gasteiger partial charge in [-0.05, 0) is 25.9 Å². The van der Waals surface area contributed by atoms with E-state index in [9.17, 15) is 4.79 Å². The van der Waals surface area contributed by atoms with Gasteiger partial charge in [0.15, 0.2) is 0 Å². The van der Waals surface area contributed by atoms with E-state index in [0.717, 1.165) is 19.5 Å². The van der Waals surface area contributed by atoms with Crippen molar-refractivity contribution in [2.24, 2.45) is 0 Å². The predicted molar refractivity (Wildman–Crippen MR) is 70.1 cm³/mol. The van der Waals surface area contributed by atoms with Gasteiger partial charge in [0.1, 0.15) is 6.10 Å². The molecule has 0 saturated carbocycles. The smallest absolute Gasteiger partial charge is 0.252 e. The molecular weight excluding hydrogens is 228 g/mol. The first-order chi connectivity index (χ1) is 8.81. The minimum absolute atomic E-state index is 0.0878. The van der Waals surface area contributed by atoms with Gasteiger partial charge in [-0.25, -0.2) is 0 Å². The number of methoxy groups -OCH3 is 1. The third kappa shape index (κ3) is 3.47. The SMILES string of the molecule is CO[C@@H]1CCN(CC#CCN2CCCCC2)C1=O. The van der Waals surface area contributed by atoms with Crippen LogP contribution in [0.3, 0.4) is 0 Å². The van der Waals surface area contributed by atoms with E-state index in [4.69, 9.17) is 4.74 Å². The fourth-order valence-corrected chi connectivity index (χ4v) is 2.52. The Morgan fingerprint density at radius 3 is 2.56 bits per heavy atom. The average Bonchev–Trinajstić information content (AvgIpc) is 2.77. The minimum atomic E-state index is -0.242.